The summed E-state index contributed by atoms with van der Waals surface area (Å²) in [4.78, 5) is 26.9. The maximum absolute atomic E-state index is 13.1. The van der Waals surface area contributed by atoms with Crippen LogP contribution in [0.1, 0.15) is 23.2 Å². The largest absolute Gasteiger partial charge is 0.385 e. The quantitative estimate of drug-likeness (QED) is 0.796. The molecule has 1 saturated heterocycles. The predicted molar refractivity (Wildman–Crippen MR) is 96.5 cm³/mol. The van der Waals surface area contributed by atoms with Gasteiger partial charge in [-0.2, -0.15) is 5.10 Å². The van der Waals surface area contributed by atoms with Gasteiger partial charge >= 0.3 is 0 Å². The maximum atomic E-state index is 13.1. The average molecular weight is 374 g/mol. The monoisotopic (exact) mass is 374 g/mol. The average Bonchev–Trinajstić information content (AvgIpc) is 3.31. The Hall–Kier alpha value is -2.74. The Kier molecular flexibility index (Phi) is 5.85. The van der Waals surface area contributed by atoms with Gasteiger partial charge in [0.2, 0.25) is 5.91 Å². The summed E-state index contributed by atoms with van der Waals surface area (Å²) < 4.78 is 19.9. The van der Waals surface area contributed by atoms with Crippen molar-refractivity contribution < 1.29 is 18.7 Å². The van der Waals surface area contributed by atoms with E-state index in [0.717, 1.165) is 0 Å². The lowest BCUT2D eigenvalue weighted by molar-refractivity contribution is -0.131. The zero-order valence-electron chi connectivity index (χ0n) is 15.2. The lowest BCUT2D eigenvalue weighted by atomic mass is 9.94. The van der Waals surface area contributed by atoms with Crippen LogP contribution in [0.2, 0.25) is 0 Å². The third kappa shape index (κ3) is 4.71. The van der Waals surface area contributed by atoms with Crippen LogP contribution in [0, 0.1) is 5.82 Å². The van der Waals surface area contributed by atoms with Crippen LogP contribution in [0.4, 0.5) is 4.39 Å². The van der Waals surface area contributed by atoms with Crippen LogP contribution in [-0.2, 0) is 16.1 Å². The smallest absolute Gasteiger partial charge is 0.251 e. The summed E-state index contributed by atoms with van der Waals surface area (Å²) in [7, 11) is 1.60. The van der Waals surface area contributed by atoms with E-state index in [1.165, 1.54) is 24.3 Å². The van der Waals surface area contributed by atoms with Crippen molar-refractivity contribution in [2.75, 3.05) is 26.8 Å². The highest BCUT2D eigenvalue weighted by Crippen LogP contribution is 2.26. The van der Waals surface area contributed by atoms with Crippen LogP contribution >= 0.6 is 0 Å². The summed E-state index contributed by atoms with van der Waals surface area (Å²) in [6.07, 6.45) is 4.58. The van der Waals surface area contributed by atoms with Gasteiger partial charge in [-0.25, -0.2) is 4.39 Å². The molecule has 1 aromatic carbocycles. The number of hydrogen-bond donors (Lipinski definition) is 1. The van der Waals surface area contributed by atoms with E-state index in [2.05, 4.69) is 10.4 Å². The van der Waals surface area contributed by atoms with E-state index in [1.54, 1.807) is 35.2 Å². The molecule has 0 radical (unpaired) electrons. The second-order valence-electron chi connectivity index (χ2n) is 6.75. The van der Waals surface area contributed by atoms with Crippen LogP contribution in [0.25, 0.3) is 0 Å². The topological polar surface area (TPSA) is 76.5 Å². The molecule has 8 heteroatoms. The van der Waals surface area contributed by atoms with Gasteiger partial charge in [-0.05, 0) is 43.2 Å². The predicted octanol–water partition coefficient (Wildman–Crippen LogP) is 1.46. The minimum absolute atomic E-state index is 0.0472. The van der Waals surface area contributed by atoms with Gasteiger partial charge in [-0.15, -0.1) is 0 Å². The lowest BCUT2D eigenvalue weighted by Gasteiger charge is -2.30. The van der Waals surface area contributed by atoms with Gasteiger partial charge in [0.05, 0.1) is 5.54 Å². The third-order valence-corrected chi connectivity index (χ3v) is 4.83. The summed E-state index contributed by atoms with van der Waals surface area (Å²) in [6.45, 7) is 1.58. The highest BCUT2D eigenvalue weighted by Gasteiger charge is 2.41. The SMILES string of the molecule is COCC[C@]1(NC(=O)c2ccc(F)cc2)CCN(C(=O)Cn2cccn2)C1. The van der Waals surface area contributed by atoms with Crippen molar-refractivity contribution in [3.05, 3.63) is 54.1 Å². The minimum atomic E-state index is -0.568. The van der Waals surface area contributed by atoms with Gasteiger partial charge in [0.1, 0.15) is 12.4 Å². The summed E-state index contributed by atoms with van der Waals surface area (Å²) in [5, 5.41) is 7.11. The van der Waals surface area contributed by atoms with E-state index in [1.807, 2.05) is 0 Å². The van der Waals surface area contributed by atoms with Crippen LogP contribution in [-0.4, -0.2) is 58.8 Å². The van der Waals surface area contributed by atoms with Gasteiger partial charge in [0.25, 0.3) is 5.91 Å². The number of ether oxygens (including phenoxy) is 1. The molecule has 1 fully saturated rings. The van der Waals surface area contributed by atoms with Crippen molar-refractivity contribution in [3.63, 3.8) is 0 Å². The zero-order chi connectivity index (χ0) is 19.3. The number of hydrogen-bond acceptors (Lipinski definition) is 4. The number of carbonyl (C=O) groups is 2. The molecular formula is C19H23FN4O3. The Morgan fingerprint density at radius 2 is 2.11 bits per heavy atom. The molecule has 1 aromatic heterocycles. The molecule has 1 aliphatic rings. The minimum Gasteiger partial charge on any atom is -0.385 e. The molecule has 0 bridgehead atoms. The number of benzene rings is 1. The second kappa shape index (κ2) is 8.30. The van der Waals surface area contributed by atoms with Gasteiger partial charge in [0.15, 0.2) is 0 Å². The molecule has 27 heavy (non-hydrogen) atoms. The number of halogens is 1. The molecule has 144 valence electrons. The fourth-order valence-electron chi connectivity index (χ4n) is 3.30. The Morgan fingerprint density at radius 1 is 1.33 bits per heavy atom. The Labute approximate surface area is 157 Å². The summed E-state index contributed by atoms with van der Waals surface area (Å²) in [6, 6.07) is 7.17. The number of carbonyl (C=O) groups excluding carboxylic acids is 2. The molecule has 1 aliphatic heterocycles. The number of nitrogens with one attached hydrogen (secondary N) is 1. The van der Waals surface area contributed by atoms with Gasteiger partial charge in [-0.3, -0.25) is 14.3 Å². The van der Waals surface area contributed by atoms with Crippen LogP contribution in [0.3, 0.4) is 0 Å². The van der Waals surface area contributed by atoms with Crippen molar-refractivity contribution >= 4 is 11.8 Å². The number of likely N-dealkylation sites (tertiary alicyclic amines) is 1. The molecule has 7 nitrogen and oxygen atoms in total. The first-order valence-electron chi connectivity index (χ1n) is 8.84. The van der Waals surface area contributed by atoms with E-state index < -0.39 is 11.4 Å². The molecule has 0 aliphatic carbocycles. The number of nitrogens with zero attached hydrogens (tertiary/aromatic N) is 3. The van der Waals surface area contributed by atoms with E-state index in [9.17, 15) is 14.0 Å². The normalized spacial score (nSPS) is 19.3. The number of rotatable bonds is 7. The lowest BCUT2D eigenvalue weighted by Crippen LogP contribution is -2.51. The van der Waals surface area contributed by atoms with Crippen molar-refractivity contribution in [1.29, 1.82) is 0 Å². The van der Waals surface area contributed by atoms with Gasteiger partial charge < -0.3 is 15.0 Å². The van der Waals surface area contributed by atoms with Crippen molar-refractivity contribution in [3.8, 4) is 0 Å². The fourth-order valence-corrected chi connectivity index (χ4v) is 3.30. The first kappa shape index (κ1) is 19.0. The van der Waals surface area contributed by atoms with E-state index in [-0.39, 0.29) is 18.4 Å². The number of amides is 2. The molecule has 1 N–H and O–H groups in total. The summed E-state index contributed by atoms with van der Waals surface area (Å²) >= 11 is 0. The highest BCUT2D eigenvalue weighted by atomic mass is 19.1. The third-order valence-electron chi connectivity index (χ3n) is 4.83. The van der Waals surface area contributed by atoms with Crippen LogP contribution in [0.15, 0.2) is 42.7 Å². The van der Waals surface area contributed by atoms with Crippen molar-refractivity contribution in [1.82, 2.24) is 20.0 Å². The van der Waals surface area contributed by atoms with Crippen molar-refractivity contribution in [2.45, 2.75) is 24.9 Å². The Morgan fingerprint density at radius 3 is 2.78 bits per heavy atom. The van der Waals surface area contributed by atoms with Gasteiger partial charge in [0, 0.05) is 44.8 Å². The second-order valence-corrected chi connectivity index (χ2v) is 6.75. The Bertz CT molecular complexity index is 779. The molecule has 0 saturated carbocycles. The Balaban J connectivity index is 1.68. The number of methoxy groups -OCH3 is 1. The molecule has 1 atom stereocenters. The molecule has 0 unspecified atom stereocenters. The summed E-state index contributed by atoms with van der Waals surface area (Å²) in [5.41, 5.74) is -0.184. The number of aromatic nitrogens is 2. The van der Waals surface area contributed by atoms with E-state index in [4.69, 9.17) is 4.74 Å². The van der Waals surface area contributed by atoms with E-state index in [0.29, 0.717) is 38.1 Å². The molecular weight excluding hydrogens is 351 g/mol. The molecule has 3 rings (SSSR count). The van der Waals surface area contributed by atoms with Crippen molar-refractivity contribution in [2.24, 2.45) is 0 Å². The highest BCUT2D eigenvalue weighted by molar-refractivity contribution is 5.94. The van der Waals surface area contributed by atoms with Gasteiger partial charge in [-0.1, -0.05) is 0 Å². The molecule has 0 spiro atoms. The molecule has 2 amide bonds. The fraction of sp³-hybridized carbons (Fsp3) is 0.421. The van der Waals surface area contributed by atoms with Crippen LogP contribution in [0.5, 0.6) is 0 Å². The van der Waals surface area contributed by atoms with Crippen LogP contribution < -0.4 is 5.32 Å². The zero-order valence-corrected chi connectivity index (χ0v) is 15.2. The molecule has 2 heterocycles. The first-order valence-corrected chi connectivity index (χ1v) is 8.84. The molecule has 2 aromatic rings. The first-order chi connectivity index (χ1) is 13.0. The maximum Gasteiger partial charge on any atom is 0.251 e. The van der Waals surface area contributed by atoms with E-state index >= 15 is 0 Å². The summed E-state index contributed by atoms with van der Waals surface area (Å²) in [5.74, 6) is -0.724. The standard InChI is InChI=1S/C19H23FN4O3/c1-27-12-8-19(22-18(26)15-3-5-16(20)6-4-15)7-11-23(14-19)17(25)13-24-10-2-9-21-24/h2-6,9-10H,7-8,11-14H2,1H3,(H,22,26)/t19-/m1/s1.